The van der Waals surface area contributed by atoms with E-state index in [1.807, 2.05) is 25.1 Å². The average Bonchev–Trinajstić information content (AvgIpc) is 2.99. The van der Waals surface area contributed by atoms with E-state index in [-0.39, 0.29) is 11.9 Å². The third kappa shape index (κ3) is 4.00. The molecule has 0 aliphatic heterocycles. The van der Waals surface area contributed by atoms with Gasteiger partial charge in [-0.1, -0.05) is 12.2 Å². The van der Waals surface area contributed by atoms with Crippen LogP contribution >= 0.6 is 0 Å². The number of amides is 1. The number of allylic oxidation sites excluding steroid dienone is 2. The SMILES string of the molecule is COc1ccc(OC)c(C(C)NC(=O)CC2C=CCC2)c1. The van der Waals surface area contributed by atoms with E-state index in [2.05, 4.69) is 17.5 Å². The molecule has 1 amide bonds. The predicted octanol–water partition coefficient (Wildman–Crippen LogP) is 3.24. The smallest absolute Gasteiger partial charge is 0.221 e. The molecule has 2 unspecified atom stereocenters. The Balaban J connectivity index is 2.02. The number of ether oxygens (including phenoxy) is 2. The van der Waals surface area contributed by atoms with Gasteiger partial charge in [0.15, 0.2) is 0 Å². The molecule has 0 radical (unpaired) electrons. The lowest BCUT2D eigenvalue weighted by Crippen LogP contribution is -2.28. The number of hydrogen-bond donors (Lipinski definition) is 1. The van der Waals surface area contributed by atoms with E-state index >= 15 is 0 Å². The Labute approximate surface area is 126 Å². The fraction of sp³-hybridized carbons (Fsp3) is 0.471. The van der Waals surface area contributed by atoms with Gasteiger partial charge in [0, 0.05) is 12.0 Å². The van der Waals surface area contributed by atoms with Crippen molar-refractivity contribution in [2.24, 2.45) is 5.92 Å². The minimum absolute atomic E-state index is 0.0731. The van der Waals surface area contributed by atoms with E-state index < -0.39 is 0 Å². The van der Waals surface area contributed by atoms with Crippen LogP contribution < -0.4 is 14.8 Å². The van der Waals surface area contributed by atoms with Crippen molar-refractivity contribution in [1.29, 1.82) is 0 Å². The second kappa shape index (κ2) is 7.16. The molecule has 0 heterocycles. The molecule has 0 spiro atoms. The van der Waals surface area contributed by atoms with Gasteiger partial charge in [-0.25, -0.2) is 0 Å². The molecular weight excluding hydrogens is 266 g/mol. The van der Waals surface area contributed by atoms with Gasteiger partial charge < -0.3 is 14.8 Å². The maximum absolute atomic E-state index is 12.1. The van der Waals surface area contributed by atoms with Crippen LogP contribution in [0.3, 0.4) is 0 Å². The first-order chi connectivity index (χ1) is 10.1. The molecule has 1 aromatic carbocycles. The van der Waals surface area contributed by atoms with E-state index in [0.717, 1.165) is 29.9 Å². The quantitative estimate of drug-likeness (QED) is 0.818. The lowest BCUT2D eigenvalue weighted by molar-refractivity contribution is -0.122. The molecule has 0 saturated carbocycles. The number of carbonyl (C=O) groups excluding carboxylic acids is 1. The summed E-state index contributed by atoms with van der Waals surface area (Å²) < 4.78 is 10.6. The average molecular weight is 289 g/mol. The summed E-state index contributed by atoms with van der Waals surface area (Å²) in [7, 11) is 3.25. The van der Waals surface area contributed by atoms with Crippen LogP contribution in [0.15, 0.2) is 30.4 Å². The Bertz CT molecular complexity index is 525. The van der Waals surface area contributed by atoms with Crippen molar-refractivity contribution in [3.63, 3.8) is 0 Å². The van der Waals surface area contributed by atoms with E-state index in [0.29, 0.717) is 12.3 Å². The van der Waals surface area contributed by atoms with Crippen molar-refractivity contribution in [3.05, 3.63) is 35.9 Å². The van der Waals surface area contributed by atoms with Crippen LogP contribution in [-0.4, -0.2) is 20.1 Å². The van der Waals surface area contributed by atoms with Crippen LogP contribution in [0.25, 0.3) is 0 Å². The summed E-state index contributed by atoms with van der Waals surface area (Å²) in [4.78, 5) is 12.1. The van der Waals surface area contributed by atoms with E-state index in [9.17, 15) is 4.79 Å². The van der Waals surface area contributed by atoms with Gasteiger partial charge in [-0.3, -0.25) is 4.79 Å². The van der Waals surface area contributed by atoms with Gasteiger partial charge in [0.2, 0.25) is 5.91 Å². The van der Waals surface area contributed by atoms with Gasteiger partial charge in [-0.05, 0) is 43.9 Å². The molecule has 2 rings (SSSR count). The van der Waals surface area contributed by atoms with Crippen molar-refractivity contribution < 1.29 is 14.3 Å². The molecular formula is C17H23NO3. The molecule has 1 aliphatic rings. The molecule has 114 valence electrons. The van der Waals surface area contributed by atoms with Gasteiger partial charge in [-0.15, -0.1) is 0 Å². The first-order valence-electron chi connectivity index (χ1n) is 7.32. The minimum atomic E-state index is -0.118. The third-order valence-corrected chi connectivity index (χ3v) is 3.84. The predicted molar refractivity (Wildman–Crippen MR) is 82.6 cm³/mol. The van der Waals surface area contributed by atoms with Gasteiger partial charge in [0.05, 0.1) is 20.3 Å². The van der Waals surface area contributed by atoms with E-state index in [1.165, 1.54) is 0 Å². The largest absolute Gasteiger partial charge is 0.497 e. The van der Waals surface area contributed by atoms with Crippen LogP contribution in [-0.2, 0) is 4.79 Å². The highest BCUT2D eigenvalue weighted by molar-refractivity contribution is 5.77. The van der Waals surface area contributed by atoms with Crippen LogP contribution in [0.5, 0.6) is 11.5 Å². The molecule has 1 aliphatic carbocycles. The molecule has 0 fully saturated rings. The Kier molecular flexibility index (Phi) is 5.26. The maximum atomic E-state index is 12.1. The second-order valence-electron chi connectivity index (χ2n) is 5.37. The maximum Gasteiger partial charge on any atom is 0.221 e. The van der Waals surface area contributed by atoms with Crippen LogP contribution in [0.2, 0.25) is 0 Å². The molecule has 0 bridgehead atoms. The van der Waals surface area contributed by atoms with Crippen molar-refractivity contribution in [2.45, 2.75) is 32.2 Å². The summed E-state index contributed by atoms with van der Waals surface area (Å²) in [6, 6.07) is 5.49. The number of rotatable bonds is 6. The van der Waals surface area contributed by atoms with Gasteiger partial charge in [0.1, 0.15) is 11.5 Å². The number of nitrogens with one attached hydrogen (secondary N) is 1. The molecule has 0 aromatic heterocycles. The molecule has 21 heavy (non-hydrogen) atoms. The first-order valence-corrected chi connectivity index (χ1v) is 7.32. The molecule has 1 aromatic rings. The first kappa shape index (κ1) is 15.4. The summed E-state index contributed by atoms with van der Waals surface area (Å²) in [5.74, 6) is 1.96. The Morgan fingerprint density at radius 3 is 2.81 bits per heavy atom. The molecule has 0 saturated heterocycles. The zero-order valence-electron chi connectivity index (χ0n) is 12.9. The fourth-order valence-electron chi connectivity index (χ4n) is 2.66. The lowest BCUT2D eigenvalue weighted by Gasteiger charge is -2.19. The fourth-order valence-corrected chi connectivity index (χ4v) is 2.66. The molecule has 4 heteroatoms. The monoisotopic (exact) mass is 289 g/mol. The summed E-state index contributed by atoms with van der Waals surface area (Å²) in [5.41, 5.74) is 0.923. The van der Waals surface area contributed by atoms with Crippen molar-refractivity contribution in [2.75, 3.05) is 14.2 Å². The number of benzene rings is 1. The summed E-state index contributed by atoms with van der Waals surface area (Å²) in [5, 5.41) is 3.04. The normalized spacial score (nSPS) is 18.3. The van der Waals surface area contributed by atoms with Crippen molar-refractivity contribution in [1.82, 2.24) is 5.32 Å². The second-order valence-corrected chi connectivity index (χ2v) is 5.37. The van der Waals surface area contributed by atoms with Crippen molar-refractivity contribution in [3.8, 4) is 11.5 Å². The lowest BCUT2D eigenvalue weighted by atomic mass is 10.0. The van der Waals surface area contributed by atoms with Gasteiger partial charge >= 0.3 is 0 Å². The minimum Gasteiger partial charge on any atom is -0.497 e. The Morgan fingerprint density at radius 1 is 1.38 bits per heavy atom. The highest BCUT2D eigenvalue weighted by atomic mass is 16.5. The standard InChI is InChI=1S/C17H23NO3/c1-12(18-17(19)10-13-6-4-5-7-13)15-11-14(20-2)8-9-16(15)21-3/h4,6,8-9,11-13H,5,7,10H2,1-3H3,(H,18,19). The number of carbonyl (C=O) groups is 1. The van der Waals surface area contributed by atoms with Crippen molar-refractivity contribution >= 4 is 5.91 Å². The van der Waals surface area contributed by atoms with Crippen LogP contribution in [0.1, 0.15) is 37.8 Å². The summed E-state index contributed by atoms with van der Waals surface area (Å²) in [6.07, 6.45) is 6.98. The summed E-state index contributed by atoms with van der Waals surface area (Å²) in [6.45, 7) is 1.96. The molecule has 2 atom stereocenters. The van der Waals surface area contributed by atoms with E-state index in [1.54, 1.807) is 14.2 Å². The zero-order valence-corrected chi connectivity index (χ0v) is 12.9. The highest BCUT2D eigenvalue weighted by Crippen LogP contribution is 2.29. The zero-order chi connectivity index (χ0) is 15.2. The number of methoxy groups -OCH3 is 2. The number of hydrogen-bond acceptors (Lipinski definition) is 3. The highest BCUT2D eigenvalue weighted by Gasteiger charge is 2.18. The summed E-state index contributed by atoms with van der Waals surface area (Å²) >= 11 is 0. The van der Waals surface area contributed by atoms with Gasteiger partial charge in [-0.2, -0.15) is 0 Å². The topological polar surface area (TPSA) is 47.6 Å². The molecule has 1 N–H and O–H groups in total. The van der Waals surface area contributed by atoms with E-state index in [4.69, 9.17) is 9.47 Å². The Hall–Kier alpha value is -1.97. The van der Waals surface area contributed by atoms with Crippen LogP contribution in [0, 0.1) is 5.92 Å². The van der Waals surface area contributed by atoms with Crippen LogP contribution in [0.4, 0.5) is 0 Å². The molecule has 4 nitrogen and oxygen atoms in total. The van der Waals surface area contributed by atoms with Gasteiger partial charge in [0.25, 0.3) is 0 Å². The third-order valence-electron chi connectivity index (χ3n) is 3.84. The Morgan fingerprint density at radius 2 is 2.19 bits per heavy atom.